The molecule has 15 heavy (non-hydrogen) atoms. The first kappa shape index (κ1) is 11.9. The van der Waals surface area contributed by atoms with Gasteiger partial charge >= 0.3 is 0 Å². The van der Waals surface area contributed by atoms with E-state index in [4.69, 9.17) is 0 Å². The van der Waals surface area contributed by atoms with Crippen molar-refractivity contribution in [3.63, 3.8) is 0 Å². The number of pyridine rings is 1. The van der Waals surface area contributed by atoms with Gasteiger partial charge in [0, 0.05) is 24.2 Å². The molecule has 0 amide bonds. The maximum absolute atomic E-state index is 11.8. The Morgan fingerprint density at radius 2 is 2.20 bits per heavy atom. The van der Waals surface area contributed by atoms with Crippen LogP contribution in [-0.4, -0.2) is 23.9 Å². The van der Waals surface area contributed by atoms with E-state index in [0.29, 0.717) is 6.42 Å². The largest absolute Gasteiger partial charge is 0.310 e. The Morgan fingerprint density at radius 1 is 1.47 bits per heavy atom. The number of carbonyl (C=O) groups excluding carboxylic acids is 1. The minimum atomic E-state index is -0.125. The van der Waals surface area contributed by atoms with Crippen LogP contribution in [0.15, 0.2) is 24.4 Å². The molecule has 0 aliphatic heterocycles. The van der Waals surface area contributed by atoms with E-state index in [1.807, 2.05) is 39.1 Å². The Kier molecular flexibility index (Phi) is 4.43. The smallest absolute Gasteiger partial charge is 0.152 e. The van der Waals surface area contributed by atoms with Crippen molar-refractivity contribution in [2.75, 3.05) is 7.05 Å². The van der Waals surface area contributed by atoms with Crippen LogP contribution < -0.4 is 5.32 Å². The molecule has 1 rings (SSSR count). The van der Waals surface area contributed by atoms with Gasteiger partial charge < -0.3 is 5.32 Å². The van der Waals surface area contributed by atoms with Crippen molar-refractivity contribution in [1.82, 2.24) is 10.3 Å². The van der Waals surface area contributed by atoms with Crippen molar-refractivity contribution in [3.05, 3.63) is 30.1 Å². The van der Waals surface area contributed by atoms with Crippen LogP contribution in [0, 0.1) is 5.92 Å². The molecule has 3 heteroatoms. The zero-order valence-electron chi connectivity index (χ0n) is 9.53. The number of hydrogen-bond donors (Lipinski definition) is 1. The molecule has 1 aromatic heterocycles. The molecule has 1 unspecified atom stereocenters. The number of rotatable bonds is 5. The highest BCUT2D eigenvalue weighted by Crippen LogP contribution is 2.05. The molecule has 0 aromatic carbocycles. The van der Waals surface area contributed by atoms with Crippen LogP contribution >= 0.6 is 0 Å². The number of Topliss-reactive ketones (excluding diaryl/α,β-unsaturated/α-hetero) is 1. The van der Waals surface area contributed by atoms with E-state index in [9.17, 15) is 4.79 Å². The van der Waals surface area contributed by atoms with Crippen LogP contribution in [0.25, 0.3) is 0 Å². The van der Waals surface area contributed by atoms with Crippen LogP contribution in [0.3, 0.4) is 0 Å². The molecule has 1 N–H and O–H groups in total. The summed E-state index contributed by atoms with van der Waals surface area (Å²) in [7, 11) is 1.81. The summed E-state index contributed by atoms with van der Waals surface area (Å²) < 4.78 is 0. The van der Waals surface area contributed by atoms with Gasteiger partial charge in [-0.3, -0.25) is 9.78 Å². The number of hydrogen-bond acceptors (Lipinski definition) is 3. The average Bonchev–Trinajstić information content (AvgIpc) is 2.26. The molecule has 0 spiro atoms. The van der Waals surface area contributed by atoms with Crippen LogP contribution in [0.1, 0.15) is 19.5 Å². The first-order valence-electron chi connectivity index (χ1n) is 5.26. The highest BCUT2D eigenvalue weighted by molar-refractivity contribution is 5.85. The molecule has 82 valence electrons. The predicted octanol–water partition coefficient (Wildman–Crippen LogP) is 1.44. The van der Waals surface area contributed by atoms with Crippen molar-refractivity contribution in [1.29, 1.82) is 0 Å². The fourth-order valence-electron chi connectivity index (χ4n) is 1.48. The van der Waals surface area contributed by atoms with E-state index >= 15 is 0 Å². The van der Waals surface area contributed by atoms with E-state index in [-0.39, 0.29) is 17.7 Å². The Balaban J connectivity index is 2.66. The molecule has 0 fully saturated rings. The summed E-state index contributed by atoms with van der Waals surface area (Å²) in [4.78, 5) is 16.0. The number of nitrogens with zero attached hydrogens (tertiary/aromatic N) is 1. The second-order valence-electron chi connectivity index (χ2n) is 3.92. The second kappa shape index (κ2) is 5.61. The van der Waals surface area contributed by atoms with Gasteiger partial charge in [0.05, 0.1) is 6.04 Å². The van der Waals surface area contributed by atoms with Crippen molar-refractivity contribution < 1.29 is 4.79 Å². The summed E-state index contributed by atoms with van der Waals surface area (Å²) >= 11 is 0. The maximum atomic E-state index is 11.8. The van der Waals surface area contributed by atoms with Gasteiger partial charge in [-0.1, -0.05) is 19.9 Å². The molecule has 1 atom stereocenters. The van der Waals surface area contributed by atoms with Crippen LogP contribution in [-0.2, 0) is 11.2 Å². The normalized spacial score (nSPS) is 12.8. The van der Waals surface area contributed by atoms with Gasteiger partial charge in [-0.25, -0.2) is 0 Å². The van der Waals surface area contributed by atoms with Gasteiger partial charge in [0.15, 0.2) is 5.78 Å². The second-order valence-corrected chi connectivity index (χ2v) is 3.92. The SMILES string of the molecule is CNC(Cc1ccccn1)C(=O)C(C)C. The predicted molar refractivity (Wildman–Crippen MR) is 60.6 cm³/mol. The molecule has 0 aliphatic carbocycles. The van der Waals surface area contributed by atoms with Gasteiger partial charge in [0.2, 0.25) is 0 Å². The summed E-state index contributed by atoms with van der Waals surface area (Å²) in [5.74, 6) is 0.300. The molecule has 3 nitrogen and oxygen atoms in total. The fraction of sp³-hybridized carbons (Fsp3) is 0.500. The molecule has 1 heterocycles. The molecular formula is C12H18N2O. The topological polar surface area (TPSA) is 42.0 Å². The Morgan fingerprint density at radius 3 is 2.67 bits per heavy atom. The molecule has 0 aliphatic rings. The van der Waals surface area contributed by atoms with E-state index in [0.717, 1.165) is 5.69 Å². The number of likely N-dealkylation sites (N-methyl/N-ethyl adjacent to an activating group) is 1. The maximum Gasteiger partial charge on any atom is 0.152 e. The van der Waals surface area contributed by atoms with Gasteiger partial charge in [-0.2, -0.15) is 0 Å². The fourth-order valence-corrected chi connectivity index (χ4v) is 1.48. The minimum absolute atomic E-state index is 0.0613. The zero-order chi connectivity index (χ0) is 11.3. The summed E-state index contributed by atoms with van der Waals surface area (Å²) in [5.41, 5.74) is 0.950. The first-order chi connectivity index (χ1) is 7.15. The average molecular weight is 206 g/mol. The molecular weight excluding hydrogens is 188 g/mol. The molecule has 0 radical (unpaired) electrons. The lowest BCUT2D eigenvalue weighted by Gasteiger charge is -2.16. The van der Waals surface area contributed by atoms with Crippen LogP contribution in [0.4, 0.5) is 0 Å². The lowest BCUT2D eigenvalue weighted by atomic mass is 9.98. The van der Waals surface area contributed by atoms with Crippen LogP contribution in [0.2, 0.25) is 0 Å². The third-order valence-corrected chi connectivity index (χ3v) is 2.40. The monoisotopic (exact) mass is 206 g/mol. The molecule has 0 bridgehead atoms. The minimum Gasteiger partial charge on any atom is -0.310 e. The number of carbonyl (C=O) groups is 1. The van der Waals surface area contributed by atoms with E-state index in [1.54, 1.807) is 6.20 Å². The molecule has 1 aromatic rings. The number of ketones is 1. The Bertz CT molecular complexity index is 309. The van der Waals surface area contributed by atoms with Gasteiger partial charge in [-0.15, -0.1) is 0 Å². The summed E-state index contributed by atoms with van der Waals surface area (Å²) in [6, 6.07) is 5.63. The number of nitrogens with one attached hydrogen (secondary N) is 1. The van der Waals surface area contributed by atoms with E-state index in [1.165, 1.54) is 0 Å². The summed E-state index contributed by atoms with van der Waals surface area (Å²) in [6.45, 7) is 3.84. The summed E-state index contributed by atoms with van der Waals surface area (Å²) in [6.07, 6.45) is 2.41. The zero-order valence-corrected chi connectivity index (χ0v) is 9.53. The van der Waals surface area contributed by atoms with Crippen molar-refractivity contribution in [2.45, 2.75) is 26.3 Å². The van der Waals surface area contributed by atoms with Gasteiger partial charge in [0.1, 0.15) is 0 Å². The lowest BCUT2D eigenvalue weighted by Crippen LogP contribution is -2.38. The third kappa shape index (κ3) is 3.44. The first-order valence-corrected chi connectivity index (χ1v) is 5.26. The third-order valence-electron chi connectivity index (χ3n) is 2.40. The van der Waals surface area contributed by atoms with E-state index < -0.39 is 0 Å². The number of aromatic nitrogens is 1. The Hall–Kier alpha value is -1.22. The van der Waals surface area contributed by atoms with Gasteiger partial charge in [0.25, 0.3) is 0 Å². The molecule has 0 saturated heterocycles. The Labute approximate surface area is 90.9 Å². The van der Waals surface area contributed by atoms with E-state index in [2.05, 4.69) is 10.3 Å². The van der Waals surface area contributed by atoms with Crippen molar-refractivity contribution >= 4 is 5.78 Å². The van der Waals surface area contributed by atoms with Crippen molar-refractivity contribution in [3.8, 4) is 0 Å². The van der Waals surface area contributed by atoms with Crippen LogP contribution in [0.5, 0.6) is 0 Å². The lowest BCUT2D eigenvalue weighted by molar-refractivity contribution is -0.123. The molecule has 0 saturated carbocycles. The highest BCUT2D eigenvalue weighted by Gasteiger charge is 2.19. The highest BCUT2D eigenvalue weighted by atomic mass is 16.1. The van der Waals surface area contributed by atoms with Crippen molar-refractivity contribution in [2.24, 2.45) is 5.92 Å². The standard InChI is InChI=1S/C12H18N2O/c1-9(2)12(15)11(13-3)8-10-6-4-5-7-14-10/h4-7,9,11,13H,8H2,1-3H3. The van der Waals surface area contributed by atoms with Gasteiger partial charge in [-0.05, 0) is 19.2 Å². The quantitative estimate of drug-likeness (QED) is 0.792. The summed E-state index contributed by atoms with van der Waals surface area (Å²) in [5, 5.41) is 3.04.